The Hall–Kier alpha value is -2.01. The number of imidazole rings is 1. The molecular weight excluding hydrogens is 254 g/mol. The molecule has 0 spiro atoms. The molecule has 1 heterocycles. The van der Waals surface area contributed by atoms with Crippen LogP contribution in [-0.2, 0) is 0 Å². The molecule has 1 aromatic carbocycles. The number of nitrogens with one attached hydrogen (secondary N) is 1. The molecule has 0 aliphatic rings. The summed E-state index contributed by atoms with van der Waals surface area (Å²) in [4.78, 5) is 19.8. The first-order chi connectivity index (χ1) is 8.58. The van der Waals surface area contributed by atoms with Gasteiger partial charge in [0.2, 0.25) is 0 Å². The second kappa shape index (κ2) is 5.10. The average Bonchev–Trinajstić information content (AvgIpc) is 2.84. The Labute approximate surface area is 109 Å². The molecule has 6 heteroatoms. The largest absolute Gasteiger partial charge is 0.414 e. The maximum absolute atomic E-state index is 11.6. The van der Waals surface area contributed by atoms with E-state index in [2.05, 4.69) is 9.97 Å². The predicted molar refractivity (Wildman–Crippen MR) is 68.7 cm³/mol. The number of carbonyl (C=O) groups excluding carboxylic acids is 1. The molecule has 5 nitrogen and oxygen atoms in total. The maximum atomic E-state index is 11.6. The lowest BCUT2D eigenvalue weighted by molar-refractivity contribution is 0.172. The van der Waals surface area contributed by atoms with Crippen molar-refractivity contribution in [3.05, 3.63) is 35.7 Å². The summed E-state index contributed by atoms with van der Waals surface area (Å²) >= 11 is 5.95. The summed E-state index contributed by atoms with van der Waals surface area (Å²) in [6.45, 7) is 0. The Morgan fingerprint density at radius 1 is 1.44 bits per heavy atom. The topological polar surface area (TPSA) is 58.2 Å². The summed E-state index contributed by atoms with van der Waals surface area (Å²) < 4.78 is 5.27. The van der Waals surface area contributed by atoms with Crippen LogP contribution in [0.15, 0.2) is 30.7 Å². The number of nitrogens with zero attached hydrogens (tertiary/aromatic N) is 2. The molecule has 1 N–H and O–H groups in total. The van der Waals surface area contributed by atoms with Crippen LogP contribution in [0.25, 0.3) is 11.3 Å². The van der Waals surface area contributed by atoms with Crippen molar-refractivity contribution in [1.82, 2.24) is 14.9 Å². The minimum absolute atomic E-state index is 0.433. The van der Waals surface area contributed by atoms with Gasteiger partial charge in [0.25, 0.3) is 0 Å². The van der Waals surface area contributed by atoms with Gasteiger partial charge < -0.3 is 14.6 Å². The van der Waals surface area contributed by atoms with Crippen LogP contribution in [0.4, 0.5) is 4.79 Å². The van der Waals surface area contributed by atoms with Crippen molar-refractivity contribution in [3.63, 3.8) is 0 Å². The third kappa shape index (κ3) is 2.62. The van der Waals surface area contributed by atoms with E-state index in [0.29, 0.717) is 16.3 Å². The second-order valence-electron chi connectivity index (χ2n) is 3.87. The third-order valence-electron chi connectivity index (χ3n) is 2.29. The number of carbonyl (C=O) groups is 1. The van der Waals surface area contributed by atoms with Crippen LogP contribution in [0.3, 0.4) is 0 Å². The molecule has 0 unspecified atom stereocenters. The van der Waals surface area contributed by atoms with E-state index in [4.69, 9.17) is 16.3 Å². The lowest BCUT2D eigenvalue weighted by Crippen LogP contribution is -2.25. The minimum Gasteiger partial charge on any atom is -0.409 e. The van der Waals surface area contributed by atoms with Gasteiger partial charge >= 0.3 is 6.09 Å². The fraction of sp³-hybridized carbons (Fsp3) is 0.167. The highest BCUT2D eigenvalue weighted by molar-refractivity contribution is 6.31. The molecule has 1 aromatic heterocycles. The highest BCUT2D eigenvalue weighted by Crippen LogP contribution is 2.31. The Balaban J connectivity index is 2.38. The molecule has 0 aliphatic carbocycles. The molecule has 1 amide bonds. The monoisotopic (exact) mass is 265 g/mol. The van der Waals surface area contributed by atoms with Gasteiger partial charge in [0.15, 0.2) is 0 Å². The van der Waals surface area contributed by atoms with Gasteiger partial charge in [0.1, 0.15) is 5.75 Å². The van der Waals surface area contributed by atoms with Gasteiger partial charge in [-0.2, -0.15) is 0 Å². The number of hydrogen-bond donors (Lipinski definition) is 1. The highest BCUT2D eigenvalue weighted by Gasteiger charge is 2.13. The molecule has 0 saturated heterocycles. The zero-order valence-electron chi connectivity index (χ0n) is 9.98. The number of aromatic nitrogens is 2. The Morgan fingerprint density at radius 2 is 2.22 bits per heavy atom. The van der Waals surface area contributed by atoms with Crippen molar-refractivity contribution >= 4 is 17.7 Å². The van der Waals surface area contributed by atoms with Crippen molar-refractivity contribution < 1.29 is 9.53 Å². The van der Waals surface area contributed by atoms with E-state index in [0.717, 1.165) is 5.69 Å². The Bertz CT molecular complexity index is 552. The maximum Gasteiger partial charge on any atom is 0.414 e. The molecule has 2 rings (SSSR count). The van der Waals surface area contributed by atoms with E-state index in [-0.39, 0.29) is 0 Å². The molecule has 0 atom stereocenters. The van der Waals surface area contributed by atoms with Crippen LogP contribution >= 0.6 is 11.6 Å². The second-order valence-corrected chi connectivity index (χ2v) is 4.30. The molecule has 94 valence electrons. The van der Waals surface area contributed by atoms with E-state index >= 15 is 0 Å². The first kappa shape index (κ1) is 12.4. The highest BCUT2D eigenvalue weighted by atomic mass is 35.5. The summed E-state index contributed by atoms with van der Waals surface area (Å²) in [5, 5.41) is 0.559. The van der Waals surface area contributed by atoms with Gasteiger partial charge in [0, 0.05) is 24.7 Å². The van der Waals surface area contributed by atoms with Crippen molar-refractivity contribution in [2.75, 3.05) is 14.1 Å². The summed E-state index contributed by atoms with van der Waals surface area (Å²) in [6, 6.07) is 5.03. The van der Waals surface area contributed by atoms with E-state index in [1.165, 1.54) is 4.90 Å². The molecule has 2 aromatic rings. The van der Waals surface area contributed by atoms with E-state index < -0.39 is 6.09 Å². The molecule has 0 fully saturated rings. The fourth-order valence-electron chi connectivity index (χ4n) is 1.39. The predicted octanol–water partition coefficient (Wildman–Crippen LogP) is 2.79. The van der Waals surface area contributed by atoms with Gasteiger partial charge in [-0.05, 0) is 18.2 Å². The lowest BCUT2D eigenvalue weighted by Gasteiger charge is -2.13. The van der Waals surface area contributed by atoms with Gasteiger partial charge in [-0.15, -0.1) is 0 Å². The van der Waals surface area contributed by atoms with Crippen molar-refractivity contribution in [1.29, 1.82) is 0 Å². The minimum atomic E-state index is -0.446. The zero-order chi connectivity index (χ0) is 13.1. The first-order valence-corrected chi connectivity index (χ1v) is 5.63. The molecule has 0 bridgehead atoms. The van der Waals surface area contributed by atoms with Crippen LogP contribution < -0.4 is 4.74 Å². The molecule has 0 saturated carbocycles. The summed E-state index contributed by atoms with van der Waals surface area (Å²) in [5.74, 6) is 0.433. The smallest absolute Gasteiger partial charge is 0.409 e. The number of aromatic amines is 1. The number of rotatable bonds is 2. The van der Waals surface area contributed by atoms with Crippen LogP contribution in [0, 0.1) is 0 Å². The standard InChI is InChI=1S/C12H12ClN3O2/c1-16(2)12(17)18-11-4-3-8(13)5-9(11)10-6-14-7-15-10/h3-7H,1-2H3,(H,14,15). The average molecular weight is 266 g/mol. The van der Waals surface area contributed by atoms with Crippen molar-refractivity contribution in [2.45, 2.75) is 0 Å². The number of H-pyrrole nitrogens is 1. The first-order valence-electron chi connectivity index (χ1n) is 5.25. The number of amides is 1. The van der Waals surface area contributed by atoms with Crippen LogP contribution in [-0.4, -0.2) is 35.1 Å². The van der Waals surface area contributed by atoms with Gasteiger partial charge in [-0.3, -0.25) is 0 Å². The van der Waals surface area contributed by atoms with Crippen molar-refractivity contribution in [3.8, 4) is 17.0 Å². The number of ether oxygens (including phenoxy) is 1. The van der Waals surface area contributed by atoms with Crippen LogP contribution in [0.5, 0.6) is 5.75 Å². The Kier molecular flexibility index (Phi) is 3.53. The lowest BCUT2D eigenvalue weighted by atomic mass is 10.1. The van der Waals surface area contributed by atoms with Crippen LogP contribution in [0.2, 0.25) is 5.02 Å². The van der Waals surface area contributed by atoms with E-state index in [1.807, 2.05) is 0 Å². The van der Waals surface area contributed by atoms with Gasteiger partial charge in [-0.25, -0.2) is 9.78 Å². The van der Waals surface area contributed by atoms with Crippen molar-refractivity contribution in [2.24, 2.45) is 0 Å². The third-order valence-corrected chi connectivity index (χ3v) is 2.53. The van der Waals surface area contributed by atoms with Crippen LogP contribution in [0.1, 0.15) is 0 Å². The quantitative estimate of drug-likeness (QED) is 0.908. The SMILES string of the molecule is CN(C)C(=O)Oc1ccc(Cl)cc1-c1cnc[nH]1. The molecule has 0 aliphatic heterocycles. The zero-order valence-corrected chi connectivity index (χ0v) is 10.7. The molecule has 18 heavy (non-hydrogen) atoms. The summed E-state index contributed by atoms with van der Waals surface area (Å²) in [7, 11) is 3.24. The van der Waals surface area contributed by atoms with E-state index in [1.54, 1.807) is 44.8 Å². The number of halogens is 1. The summed E-state index contributed by atoms with van der Waals surface area (Å²) in [5.41, 5.74) is 1.43. The number of benzene rings is 1. The van der Waals surface area contributed by atoms with Gasteiger partial charge in [0.05, 0.1) is 18.2 Å². The molecular formula is C12H12ClN3O2. The fourth-order valence-corrected chi connectivity index (χ4v) is 1.56. The van der Waals surface area contributed by atoms with E-state index in [9.17, 15) is 4.79 Å². The van der Waals surface area contributed by atoms with Gasteiger partial charge in [-0.1, -0.05) is 11.6 Å². The summed E-state index contributed by atoms with van der Waals surface area (Å²) in [6.07, 6.45) is 2.74. The Morgan fingerprint density at radius 3 is 2.83 bits per heavy atom. The molecule has 0 radical (unpaired) electrons. The number of hydrogen-bond acceptors (Lipinski definition) is 3. The normalized spacial score (nSPS) is 10.2.